The van der Waals surface area contributed by atoms with Gasteiger partial charge in [0.1, 0.15) is 24.7 Å². The Morgan fingerprint density at radius 3 is 3.00 bits per heavy atom. The van der Waals surface area contributed by atoms with Gasteiger partial charge < -0.3 is 9.47 Å². The van der Waals surface area contributed by atoms with E-state index < -0.39 is 0 Å². The highest BCUT2D eigenvalue weighted by Gasteiger charge is 2.27. The summed E-state index contributed by atoms with van der Waals surface area (Å²) in [5.74, 6) is 1.02. The Balaban J connectivity index is 1.43. The molecule has 0 unspecified atom stereocenters. The molecule has 0 saturated carbocycles. The first kappa shape index (κ1) is 19.0. The lowest BCUT2D eigenvalue weighted by Gasteiger charge is -2.25. The summed E-state index contributed by atoms with van der Waals surface area (Å²) in [5, 5.41) is 4.55. The Hall–Kier alpha value is -3.00. The monoisotopic (exact) mass is 407 g/mol. The standard InChI is InChI=1S/C22H25N5O3/c28-19-14-17-20(29-12-7-23-17)15-16(19)24-21-18-6-2-5-10-27(18)25-22(21)30-13-11-26-8-3-1-4-9-26/h2,5-6,10,15H,1,3-4,7-9,11-14H2. The zero-order chi connectivity index (χ0) is 20.3. The van der Waals surface area contributed by atoms with E-state index in [2.05, 4.69) is 20.0 Å². The van der Waals surface area contributed by atoms with Gasteiger partial charge in [-0.25, -0.2) is 9.51 Å². The third-order valence-electron chi connectivity index (χ3n) is 5.63. The number of hydrogen-bond donors (Lipinski definition) is 0. The lowest BCUT2D eigenvalue weighted by atomic mass is 10.00. The summed E-state index contributed by atoms with van der Waals surface area (Å²) >= 11 is 0. The fourth-order valence-electron chi connectivity index (χ4n) is 4.05. The molecule has 2 aliphatic heterocycles. The Bertz CT molecular complexity index is 1050. The predicted octanol–water partition coefficient (Wildman–Crippen LogP) is 2.60. The molecule has 0 radical (unpaired) electrons. The number of Topliss-reactive ketones (excluding diaryl/α,β-unsaturated/α-hetero) is 1. The van der Waals surface area contributed by atoms with Gasteiger partial charge in [-0.3, -0.25) is 14.7 Å². The van der Waals surface area contributed by atoms with Crippen LogP contribution in [0.2, 0.25) is 0 Å². The smallest absolute Gasteiger partial charge is 0.260 e. The topological polar surface area (TPSA) is 80.8 Å². The second-order valence-electron chi connectivity index (χ2n) is 7.72. The van der Waals surface area contributed by atoms with Crippen molar-refractivity contribution < 1.29 is 14.3 Å². The number of ether oxygens (including phenoxy) is 2. The van der Waals surface area contributed by atoms with Crippen molar-refractivity contribution in [2.45, 2.75) is 25.7 Å². The van der Waals surface area contributed by atoms with E-state index in [1.54, 1.807) is 10.6 Å². The van der Waals surface area contributed by atoms with Crippen LogP contribution >= 0.6 is 0 Å². The molecule has 0 bridgehead atoms. The molecule has 0 spiro atoms. The Kier molecular flexibility index (Phi) is 5.31. The molecule has 156 valence electrons. The highest BCUT2D eigenvalue weighted by molar-refractivity contribution is 6.50. The molecule has 1 saturated heterocycles. The quantitative estimate of drug-likeness (QED) is 0.761. The molecule has 0 N–H and O–H groups in total. The first-order chi connectivity index (χ1) is 14.8. The molecule has 4 heterocycles. The molecule has 1 fully saturated rings. The summed E-state index contributed by atoms with van der Waals surface area (Å²) in [6.07, 6.45) is 7.56. The number of ketones is 1. The van der Waals surface area contributed by atoms with Gasteiger partial charge >= 0.3 is 0 Å². The van der Waals surface area contributed by atoms with Crippen molar-refractivity contribution in [3.05, 3.63) is 36.2 Å². The zero-order valence-corrected chi connectivity index (χ0v) is 16.9. The highest BCUT2D eigenvalue weighted by Crippen LogP contribution is 2.33. The van der Waals surface area contributed by atoms with Gasteiger partial charge in [-0.05, 0) is 38.1 Å². The van der Waals surface area contributed by atoms with Crippen LogP contribution < -0.4 is 4.74 Å². The largest absolute Gasteiger partial charge is 0.490 e. The first-order valence-electron chi connectivity index (χ1n) is 10.6. The van der Waals surface area contributed by atoms with E-state index in [9.17, 15) is 4.79 Å². The van der Waals surface area contributed by atoms with Crippen LogP contribution in [0.4, 0.5) is 5.69 Å². The number of aliphatic imine (C=N–C) groups is 2. The SMILES string of the molecule is O=C1CC2=NCCOC2=CC1=Nc1c(OCCN2CCCCC2)nn2ccccc12. The van der Waals surface area contributed by atoms with Crippen molar-refractivity contribution in [1.82, 2.24) is 14.5 Å². The van der Waals surface area contributed by atoms with Crippen LogP contribution in [0, 0.1) is 0 Å². The minimum Gasteiger partial charge on any atom is -0.490 e. The average Bonchev–Trinajstić information content (AvgIpc) is 3.12. The van der Waals surface area contributed by atoms with Gasteiger partial charge in [-0.2, -0.15) is 0 Å². The summed E-state index contributed by atoms with van der Waals surface area (Å²) in [6, 6.07) is 5.75. The van der Waals surface area contributed by atoms with Gasteiger partial charge in [0.05, 0.1) is 24.2 Å². The number of carbonyl (C=O) groups is 1. The summed E-state index contributed by atoms with van der Waals surface area (Å²) in [5.41, 5.74) is 2.44. The number of hydrogen-bond acceptors (Lipinski definition) is 7. The predicted molar refractivity (Wildman–Crippen MR) is 114 cm³/mol. The van der Waals surface area contributed by atoms with E-state index in [4.69, 9.17) is 9.47 Å². The van der Waals surface area contributed by atoms with Gasteiger partial charge in [0.25, 0.3) is 5.88 Å². The Labute approximate surface area is 174 Å². The number of allylic oxidation sites excluding steroid dienone is 2. The third-order valence-corrected chi connectivity index (χ3v) is 5.63. The molecule has 5 rings (SSSR count). The number of rotatable bonds is 5. The number of nitrogens with zero attached hydrogens (tertiary/aromatic N) is 5. The third kappa shape index (κ3) is 3.87. The summed E-state index contributed by atoms with van der Waals surface area (Å²) in [4.78, 5) is 24.1. The van der Waals surface area contributed by atoms with E-state index >= 15 is 0 Å². The molecule has 0 aromatic carbocycles. The molecule has 0 amide bonds. The van der Waals surface area contributed by atoms with E-state index in [0.717, 1.165) is 25.2 Å². The second-order valence-corrected chi connectivity index (χ2v) is 7.72. The van der Waals surface area contributed by atoms with Gasteiger partial charge in [-0.1, -0.05) is 12.5 Å². The molecule has 0 atom stereocenters. The van der Waals surface area contributed by atoms with Crippen LogP contribution in [0.3, 0.4) is 0 Å². The first-order valence-corrected chi connectivity index (χ1v) is 10.6. The number of pyridine rings is 1. The van der Waals surface area contributed by atoms with Crippen LogP contribution in [0.15, 0.2) is 46.2 Å². The maximum absolute atomic E-state index is 12.7. The van der Waals surface area contributed by atoms with E-state index in [1.807, 2.05) is 24.4 Å². The van der Waals surface area contributed by atoms with E-state index in [1.165, 1.54) is 19.3 Å². The van der Waals surface area contributed by atoms with Crippen molar-refractivity contribution in [2.24, 2.45) is 9.98 Å². The maximum Gasteiger partial charge on any atom is 0.260 e. The van der Waals surface area contributed by atoms with Gasteiger partial charge in [0, 0.05) is 18.8 Å². The normalized spacial score (nSPS) is 21.2. The van der Waals surface area contributed by atoms with Crippen molar-refractivity contribution in [2.75, 3.05) is 39.4 Å². The highest BCUT2D eigenvalue weighted by atomic mass is 16.5. The van der Waals surface area contributed by atoms with Crippen LogP contribution in [0.1, 0.15) is 25.7 Å². The summed E-state index contributed by atoms with van der Waals surface area (Å²) in [7, 11) is 0. The van der Waals surface area contributed by atoms with Gasteiger partial charge in [0.2, 0.25) is 0 Å². The van der Waals surface area contributed by atoms with Crippen molar-refractivity contribution >= 4 is 28.4 Å². The number of carbonyl (C=O) groups excluding carboxylic acids is 1. The van der Waals surface area contributed by atoms with Crippen LogP contribution in [0.5, 0.6) is 5.88 Å². The molecule has 2 aromatic heterocycles. The molecule has 3 aliphatic rings. The fraction of sp³-hybridized carbons (Fsp3) is 0.455. The molecule has 2 aromatic rings. The number of aromatic nitrogens is 2. The van der Waals surface area contributed by atoms with Crippen molar-refractivity contribution in [3.8, 4) is 5.88 Å². The maximum atomic E-state index is 12.7. The Morgan fingerprint density at radius 2 is 2.10 bits per heavy atom. The van der Waals surface area contributed by atoms with E-state index in [0.29, 0.717) is 48.5 Å². The fourth-order valence-corrected chi connectivity index (χ4v) is 4.05. The lowest BCUT2D eigenvalue weighted by Crippen LogP contribution is -2.33. The second kappa shape index (κ2) is 8.39. The van der Waals surface area contributed by atoms with Crippen LogP contribution in [-0.4, -0.2) is 71.1 Å². The molecule has 1 aliphatic carbocycles. The van der Waals surface area contributed by atoms with Crippen LogP contribution in [0.25, 0.3) is 5.52 Å². The minimum atomic E-state index is -0.0717. The van der Waals surface area contributed by atoms with Gasteiger partial charge in [0.15, 0.2) is 11.5 Å². The van der Waals surface area contributed by atoms with Crippen molar-refractivity contribution in [1.29, 1.82) is 0 Å². The molecular weight excluding hydrogens is 382 g/mol. The lowest BCUT2D eigenvalue weighted by molar-refractivity contribution is -0.112. The van der Waals surface area contributed by atoms with Gasteiger partial charge in [-0.15, -0.1) is 5.10 Å². The number of fused-ring (bicyclic) bond motifs is 2. The number of likely N-dealkylation sites (tertiary alicyclic amines) is 1. The van der Waals surface area contributed by atoms with Crippen LogP contribution in [-0.2, 0) is 9.53 Å². The summed E-state index contributed by atoms with van der Waals surface area (Å²) in [6.45, 7) is 4.76. The molecule has 8 heteroatoms. The minimum absolute atomic E-state index is 0.0717. The van der Waals surface area contributed by atoms with E-state index in [-0.39, 0.29) is 12.2 Å². The molecular formula is C22H25N5O3. The number of piperidine rings is 1. The zero-order valence-electron chi connectivity index (χ0n) is 16.9. The molecule has 8 nitrogen and oxygen atoms in total. The Morgan fingerprint density at radius 1 is 1.20 bits per heavy atom. The average molecular weight is 407 g/mol. The van der Waals surface area contributed by atoms with Crippen molar-refractivity contribution in [3.63, 3.8) is 0 Å². The summed E-state index contributed by atoms with van der Waals surface area (Å²) < 4.78 is 13.4. The molecule has 30 heavy (non-hydrogen) atoms.